The van der Waals surface area contributed by atoms with Gasteiger partial charge in [0.15, 0.2) is 0 Å². The van der Waals surface area contributed by atoms with Gasteiger partial charge in [0, 0.05) is 19.6 Å². The maximum Gasteiger partial charge on any atom is 0.0462 e. The Morgan fingerprint density at radius 3 is 2.47 bits per heavy atom. The Hall–Kier alpha value is 0.250. The number of alkyl halides is 1. The van der Waals surface area contributed by atoms with Crippen LogP contribution in [0.25, 0.3) is 0 Å². The van der Waals surface area contributed by atoms with E-state index < -0.39 is 0 Å². The fourth-order valence-corrected chi connectivity index (χ4v) is 3.51. The topological polar surface area (TPSA) is 9.23 Å². The average Bonchev–Trinajstić information content (AvgIpc) is 2.38. The van der Waals surface area contributed by atoms with Crippen LogP contribution < -0.4 is 0 Å². The third kappa shape index (κ3) is 5.18. The molecule has 0 radical (unpaired) electrons. The molecule has 1 saturated carbocycles. The summed E-state index contributed by atoms with van der Waals surface area (Å²) in [6.45, 7) is 3.18. The van der Waals surface area contributed by atoms with E-state index in [2.05, 4.69) is 6.92 Å². The molecule has 0 bridgehead atoms. The van der Waals surface area contributed by atoms with E-state index in [0.717, 1.165) is 18.4 Å². The lowest BCUT2D eigenvalue weighted by Crippen LogP contribution is -2.29. The van der Waals surface area contributed by atoms with Gasteiger partial charge in [0.2, 0.25) is 0 Å². The van der Waals surface area contributed by atoms with Crippen molar-refractivity contribution < 1.29 is 4.74 Å². The summed E-state index contributed by atoms with van der Waals surface area (Å²) in [4.78, 5) is 0. The molecule has 1 fully saturated rings. The summed E-state index contributed by atoms with van der Waals surface area (Å²) >= 11 is 6.23. The molecule has 102 valence electrons. The minimum absolute atomic E-state index is 0.433. The summed E-state index contributed by atoms with van der Waals surface area (Å²) in [6, 6.07) is 0. The van der Waals surface area contributed by atoms with Crippen LogP contribution >= 0.6 is 11.6 Å². The molecule has 0 aliphatic heterocycles. The van der Waals surface area contributed by atoms with Crippen LogP contribution in [-0.4, -0.2) is 19.6 Å². The van der Waals surface area contributed by atoms with Crippen molar-refractivity contribution >= 4 is 11.6 Å². The van der Waals surface area contributed by atoms with Gasteiger partial charge in [-0.2, -0.15) is 0 Å². The summed E-state index contributed by atoms with van der Waals surface area (Å²) < 4.78 is 5.15. The zero-order valence-electron chi connectivity index (χ0n) is 11.6. The molecule has 0 spiro atoms. The summed E-state index contributed by atoms with van der Waals surface area (Å²) in [5, 5.41) is 0. The van der Waals surface area contributed by atoms with Crippen molar-refractivity contribution in [3.8, 4) is 0 Å². The molecule has 2 heteroatoms. The molecule has 0 amide bonds. The predicted molar refractivity (Wildman–Crippen MR) is 75.7 cm³/mol. The van der Waals surface area contributed by atoms with Crippen LogP contribution in [0, 0.1) is 11.3 Å². The van der Waals surface area contributed by atoms with Gasteiger partial charge in [0.05, 0.1) is 0 Å². The fourth-order valence-electron chi connectivity index (χ4n) is 3.11. The zero-order chi connectivity index (χ0) is 12.6. The predicted octanol–water partition coefficient (Wildman–Crippen LogP) is 5.02. The van der Waals surface area contributed by atoms with E-state index in [1.54, 1.807) is 7.11 Å². The Bertz CT molecular complexity index is 185. The maximum absolute atomic E-state index is 6.23. The quantitative estimate of drug-likeness (QED) is 0.440. The SMILES string of the molecule is CCCCC1CCC(CCl)(CCCOC)CC1. The lowest BCUT2D eigenvalue weighted by atomic mass is 9.68. The zero-order valence-corrected chi connectivity index (χ0v) is 12.4. The van der Waals surface area contributed by atoms with Crippen molar-refractivity contribution in [3.05, 3.63) is 0 Å². The minimum atomic E-state index is 0.433. The standard InChI is InChI=1S/C15H29ClO/c1-3-4-6-14-7-10-15(13-16,11-8-14)9-5-12-17-2/h14H,3-13H2,1-2H3. The summed E-state index contributed by atoms with van der Waals surface area (Å²) in [7, 11) is 1.79. The molecule has 0 saturated heterocycles. The molecule has 1 aliphatic rings. The van der Waals surface area contributed by atoms with E-state index in [4.69, 9.17) is 16.3 Å². The van der Waals surface area contributed by atoms with Crippen LogP contribution in [-0.2, 0) is 4.74 Å². The molecule has 1 aliphatic carbocycles. The fraction of sp³-hybridized carbons (Fsp3) is 1.00. The monoisotopic (exact) mass is 260 g/mol. The summed E-state index contributed by atoms with van der Waals surface area (Å²) in [5.74, 6) is 1.82. The molecule has 0 N–H and O–H groups in total. The highest BCUT2D eigenvalue weighted by Crippen LogP contribution is 2.44. The third-order valence-electron chi connectivity index (χ3n) is 4.47. The van der Waals surface area contributed by atoms with E-state index in [0.29, 0.717) is 5.41 Å². The third-order valence-corrected chi connectivity index (χ3v) is 5.04. The number of ether oxygens (including phenoxy) is 1. The minimum Gasteiger partial charge on any atom is -0.385 e. The van der Waals surface area contributed by atoms with Gasteiger partial charge in [0.1, 0.15) is 0 Å². The van der Waals surface area contributed by atoms with Gasteiger partial charge >= 0.3 is 0 Å². The first-order chi connectivity index (χ1) is 8.26. The Morgan fingerprint density at radius 2 is 1.94 bits per heavy atom. The smallest absolute Gasteiger partial charge is 0.0462 e. The van der Waals surface area contributed by atoms with Gasteiger partial charge in [-0.25, -0.2) is 0 Å². The van der Waals surface area contributed by atoms with Crippen LogP contribution in [0.2, 0.25) is 0 Å². The highest BCUT2D eigenvalue weighted by atomic mass is 35.5. The van der Waals surface area contributed by atoms with Crippen molar-refractivity contribution in [1.29, 1.82) is 0 Å². The van der Waals surface area contributed by atoms with Crippen LogP contribution in [0.5, 0.6) is 0 Å². The Morgan fingerprint density at radius 1 is 1.24 bits per heavy atom. The summed E-state index contributed by atoms with van der Waals surface area (Å²) in [6.07, 6.45) is 12.1. The second kappa shape index (κ2) is 8.37. The van der Waals surface area contributed by atoms with Crippen LogP contribution in [0.1, 0.15) is 64.7 Å². The number of unbranched alkanes of at least 4 members (excludes halogenated alkanes) is 1. The number of halogens is 1. The molecular formula is C15H29ClO. The van der Waals surface area contributed by atoms with Crippen LogP contribution in [0.3, 0.4) is 0 Å². The second-order valence-corrected chi connectivity index (χ2v) is 6.08. The Labute approximate surface area is 112 Å². The largest absolute Gasteiger partial charge is 0.385 e. The second-order valence-electron chi connectivity index (χ2n) is 5.82. The molecule has 1 nitrogen and oxygen atoms in total. The van der Waals surface area contributed by atoms with Crippen molar-refractivity contribution in [2.24, 2.45) is 11.3 Å². The van der Waals surface area contributed by atoms with E-state index in [1.807, 2.05) is 0 Å². The number of hydrogen-bond donors (Lipinski definition) is 0. The molecule has 0 aromatic rings. The first-order valence-electron chi connectivity index (χ1n) is 7.31. The van der Waals surface area contributed by atoms with Crippen molar-refractivity contribution in [2.75, 3.05) is 19.6 Å². The highest BCUT2D eigenvalue weighted by molar-refractivity contribution is 6.18. The molecule has 0 aromatic carbocycles. The van der Waals surface area contributed by atoms with Gasteiger partial charge in [-0.15, -0.1) is 11.6 Å². The lowest BCUT2D eigenvalue weighted by molar-refractivity contribution is 0.126. The van der Waals surface area contributed by atoms with Crippen LogP contribution in [0.15, 0.2) is 0 Å². The van der Waals surface area contributed by atoms with Crippen molar-refractivity contribution in [2.45, 2.75) is 64.7 Å². The van der Waals surface area contributed by atoms with Gasteiger partial charge in [-0.3, -0.25) is 0 Å². The highest BCUT2D eigenvalue weighted by Gasteiger charge is 2.33. The Balaban J connectivity index is 2.29. The first kappa shape index (κ1) is 15.3. The van der Waals surface area contributed by atoms with Gasteiger partial charge < -0.3 is 4.74 Å². The van der Waals surface area contributed by atoms with E-state index in [-0.39, 0.29) is 0 Å². The molecule has 0 atom stereocenters. The molecule has 0 heterocycles. The maximum atomic E-state index is 6.23. The van der Waals surface area contributed by atoms with E-state index >= 15 is 0 Å². The molecule has 0 aromatic heterocycles. The Kier molecular flexibility index (Phi) is 7.54. The summed E-state index contributed by atoms with van der Waals surface area (Å²) in [5.41, 5.74) is 0.433. The first-order valence-corrected chi connectivity index (χ1v) is 7.84. The average molecular weight is 261 g/mol. The van der Waals surface area contributed by atoms with E-state index in [9.17, 15) is 0 Å². The lowest BCUT2D eigenvalue weighted by Gasteiger charge is -2.39. The molecular weight excluding hydrogens is 232 g/mol. The van der Waals surface area contributed by atoms with Gasteiger partial charge in [-0.05, 0) is 49.9 Å². The van der Waals surface area contributed by atoms with Gasteiger partial charge in [-0.1, -0.05) is 26.2 Å². The van der Waals surface area contributed by atoms with E-state index in [1.165, 1.54) is 57.8 Å². The molecule has 1 rings (SSSR count). The molecule has 0 unspecified atom stereocenters. The normalized spacial score (nSPS) is 29.5. The number of hydrogen-bond acceptors (Lipinski definition) is 1. The molecule has 17 heavy (non-hydrogen) atoms. The van der Waals surface area contributed by atoms with Crippen molar-refractivity contribution in [1.82, 2.24) is 0 Å². The number of rotatable bonds is 8. The van der Waals surface area contributed by atoms with Gasteiger partial charge in [0.25, 0.3) is 0 Å². The van der Waals surface area contributed by atoms with Crippen molar-refractivity contribution in [3.63, 3.8) is 0 Å². The number of methoxy groups -OCH3 is 1. The van der Waals surface area contributed by atoms with Crippen LogP contribution in [0.4, 0.5) is 0 Å².